The smallest absolute Gasteiger partial charge is 0.320 e. The van der Waals surface area contributed by atoms with Gasteiger partial charge in [0.1, 0.15) is 14.3 Å². The van der Waals surface area contributed by atoms with Crippen LogP contribution in [-0.4, -0.2) is 35.3 Å². The third-order valence-electron chi connectivity index (χ3n) is 1.87. The van der Waals surface area contributed by atoms with Crippen molar-refractivity contribution in [1.29, 1.82) is 0 Å². The molecule has 0 aliphatic carbocycles. The number of hydrogen-bond donors (Lipinski definition) is 3. The molecule has 0 aromatic carbocycles. The zero-order valence-electron chi connectivity index (χ0n) is 9.24. The third kappa shape index (κ3) is 4.26. The van der Waals surface area contributed by atoms with Crippen LogP contribution in [0, 0.1) is 0 Å². The minimum absolute atomic E-state index is 0.420. The third-order valence-corrected chi connectivity index (χ3v) is 3.09. The van der Waals surface area contributed by atoms with Gasteiger partial charge in [-0.2, -0.15) is 0 Å². The summed E-state index contributed by atoms with van der Waals surface area (Å²) in [6, 6.07) is -0.542. The molecule has 84 valence electrons. The minimum atomic E-state index is -1.59. The number of carboxylic acid groups (broad SMARTS) is 1. The van der Waals surface area contributed by atoms with Crippen LogP contribution in [-0.2, 0) is 11.2 Å². The maximum Gasteiger partial charge on any atom is 0.320 e. The van der Waals surface area contributed by atoms with Crippen molar-refractivity contribution < 1.29 is 9.90 Å². The summed E-state index contributed by atoms with van der Waals surface area (Å²) in [5, 5.41) is 9.06. The SMILES string of the molecule is C[Si](C)(C)N[C@@H](Cc1c[nH]cn1)C(=O)O. The molecule has 15 heavy (non-hydrogen) atoms. The van der Waals surface area contributed by atoms with Crippen LogP contribution in [0.3, 0.4) is 0 Å². The van der Waals surface area contributed by atoms with E-state index in [2.05, 4.69) is 34.6 Å². The fraction of sp³-hybridized carbons (Fsp3) is 0.556. The van der Waals surface area contributed by atoms with Crippen LogP contribution >= 0.6 is 0 Å². The normalized spacial score (nSPS) is 13.8. The highest BCUT2D eigenvalue weighted by molar-refractivity contribution is 6.73. The molecule has 1 aromatic rings. The standard InChI is InChI=1S/C9H17N3O2Si/c1-15(2,3)12-8(9(13)14)4-7-5-10-6-11-7/h5-6,8,12H,4H2,1-3H3,(H,10,11)(H,13,14)/t8-/m0/s1. The van der Waals surface area contributed by atoms with Gasteiger partial charge in [-0.25, -0.2) is 4.98 Å². The maximum absolute atomic E-state index is 11.0. The van der Waals surface area contributed by atoms with Crippen molar-refractivity contribution in [3.8, 4) is 0 Å². The molecule has 6 heteroatoms. The van der Waals surface area contributed by atoms with Gasteiger partial charge in [-0.1, -0.05) is 19.6 Å². The Morgan fingerprint density at radius 1 is 1.67 bits per heavy atom. The Morgan fingerprint density at radius 2 is 2.33 bits per heavy atom. The Bertz CT molecular complexity index is 319. The van der Waals surface area contributed by atoms with Crippen molar-refractivity contribution in [2.45, 2.75) is 32.1 Å². The van der Waals surface area contributed by atoms with E-state index in [0.29, 0.717) is 6.42 Å². The highest BCUT2D eigenvalue weighted by Gasteiger charge is 2.25. The first kappa shape index (κ1) is 11.9. The topological polar surface area (TPSA) is 78.0 Å². The molecule has 0 bridgehead atoms. The number of hydrogen-bond acceptors (Lipinski definition) is 3. The largest absolute Gasteiger partial charge is 0.480 e. The number of aliphatic carboxylic acids is 1. The van der Waals surface area contributed by atoms with Gasteiger partial charge in [0.05, 0.1) is 12.0 Å². The predicted octanol–water partition coefficient (Wildman–Crippen LogP) is 0.830. The number of H-pyrrole nitrogens is 1. The lowest BCUT2D eigenvalue weighted by Gasteiger charge is -2.23. The fourth-order valence-electron chi connectivity index (χ4n) is 1.33. The average molecular weight is 227 g/mol. The summed E-state index contributed by atoms with van der Waals surface area (Å²) in [4.78, 5) is 21.0. The molecule has 5 nitrogen and oxygen atoms in total. The summed E-state index contributed by atoms with van der Waals surface area (Å²) in [6.45, 7) is 6.23. The Hall–Kier alpha value is -1.14. The summed E-state index contributed by atoms with van der Waals surface area (Å²) < 4.78 is 0. The van der Waals surface area contributed by atoms with Crippen LogP contribution in [0.1, 0.15) is 5.69 Å². The molecule has 1 aromatic heterocycles. The Morgan fingerprint density at radius 3 is 2.73 bits per heavy atom. The summed E-state index contributed by atoms with van der Waals surface area (Å²) >= 11 is 0. The molecule has 0 fully saturated rings. The van der Waals surface area contributed by atoms with Crippen LogP contribution in [0.4, 0.5) is 0 Å². The van der Waals surface area contributed by atoms with Gasteiger partial charge >= 0.3 is 5.97 Å². The Labute approximate surface area is 90.0 Å². The summed E-state index contributed by atoms with van der Waals surface area (Å²) in [7, 11) is -1.59. The first-order chi connectivity index (χ1) is 6.88. The number of imidazole rings is 1. The second-order valence-corrected chi connectivity index (χ2v) is 9.34. The first-order valence-corrected chi connectivity index (χ1v) is 8.36. The van der Waals surface area contributed by atoms with Crippen LogP contribution in [0.25, 0.3) is 0 Å². The molecule has 0 spiro atoms. The fourth-order valence-corrected chi connectivity index (χ4v) is 2.61. The van der Waals surface area contributed by atoms with Gasteiger partial charge in [0.2, 0.25) is 0 Å². The predicted molar refractivity (Wildman–Crippen MR) is 60.2 cm³/mol. The van der Waals surface area contributed by atoms with E-state index in [9.17, 15) is 4.79 Å². The van der Waals surface area contributed by atoms with E-state index in [1.807, 2.05) is 0 Å². The Balaban J connectivity index is 2.63. The second-order valence-electron chi connectivity index (χ2n) is 4.55. The number of carboxylic acids is 1. The quantitative estimate of drug-likeness (QED) is 0.651. The summed E-state index contributed by atoms with van der Waals surface area (Å²) in [6.07, 6.45) is 3.70. The van der Waals surface area contributed by atoms with Gasteiger partial charge in [0.25, 0.3) is 0 Å². The molecule has 0 unspecified atom stereocenters. The van der Waals surface area contributed by atoms with E-state index in [1.165, 1.54) is 0 Å². The van der Waals surface area contributed by atoms with E-state index in [4.69, 9.17) is 5.11 Å². The monoisotopic (exact) mass is 227 g/mol. The molecule has 3 N–H and O–H groups in total. The van der Waals surface area contributed by atoms with E-state index >= 15 is 0 Å². The van der Waals surface area contributed by atoms with Crippen molar-refractivity contribution in [3.63, 3.8) is 0 Å². The van der Waals surface area contributed by atoms with Gasteiger partial charge in [-0.15, -0.1) is 0 Å². The molecular formula is C9H17N3O2Si. The molecule has 0 saturated carbocycles. The van der Waals surface area contributed by atoms with Gasteiger partial charge in [-0.05, 0) is 0 Å². The molecule has 1 atom stereocenters. The minimum Gasteiger partial charge on any atom is -0.480 e. The molecule has 0 amide bonds. The molecule has 0 saturated heterocycles. The van der Waals surface area contributed by atoms with E-state index in [0.717, 1.165) is 5.69 Å². The van der Waals surface area contributed by atoms with Crippen molar-refractivity contribution in [1.82, 2.24) is 15.0 Å². The molecule has 0 aliphatic heterocycles. The lowest BCUT2D eigenvalue weighted by atomic mass is 10.2. The van der Waals surface area contributed by atoms with Gasteiger partial charge in [-0.3, -0.25) is 4.79 Å². The van der Waals surface area contributed by atoms with Crippen molar-refractivity contribution in [2.24, 2.45) is 0 Å². The lowest BCUT2D eigenvalue weighted by Crippen LogP contribution is -2.52. The van der Waals surface area contributed by atoms with Crippen molar-refractivity contribution in [3.05, 3.63) is 18.2 Å². The molecule has 1 heterocycles. The zero-order valence-corrected chi connectivity index (χ0v) is 10.2. The first-order valence-electron chi connectivity index (χ1n) is 4.86. The van der Waals surface area contributed by atoms with E-state index in [-0.39, 0.29) is 0 Å². The van der Waals surface area contributed by atoms with Crippen molar-refractivity contribution in [2.75, 3.05) is 0 Å². The van der Waals surface area contributed by atoms with E-state index < -0.39 is 20.2 Å². The van der Waals surface area contributed by atoms with Gasteiger partial charge in [0.15, 0.2) is 0 Å². The van der Waals surface area contributed by atoms with Crippen LogP contribution < -0.4 is 4.98 Å². The number of carbonyl (C=O) groups is 1. The van der Waals surface area contributed by atoms with E-state index in [1.54, 1.807) is 12.5 Å². The van der Waals surface area contributed by atoms with Crippen LogP contribution in [0.2, 0.25) is 19.6 Å². The van der Waals surface area contributed by atoms with Gasteiger partial charge in [0, 0.05) is 12.6 Å². The number of rotatable bonds is 5. The summed E-state index contributed by atoms with van der Waals surface area (Å²) in [5.41, 5.74) is 0.771. The molecular weight excluding hydrogens is 210 g/mol. The van der Waals surface area contributed by atoms with Crippen molar-refractivity contribution >= 4 is 14.2 Å². The summed E-state index contributed by atoms with van der Waals surface area (Å²) in [5.74, 6) is -0.819. The number of nitrogens with one attached hydrogen (secondary N) is 2. The Kier molecular flexibility index (Phi) is 3.65. The second kappa shape index (κ2) is 4.58. The highest BCUT2D eigenvalue weighted by Crippen LogP contribution is 2.03. The van der Waals surface area contributed by atoms with Crippen LogP contribution in [0.5, 0.6) is 0 Å². The molecule has 0 radical (unpaired) electrons. The number of aromatic amines is 1. The molecule has 1 rings (SSSR count). The van der Waals surface area contributed by atoms with Gasteiger partial charge < -0.3 is 15.1 Å². The number of aromatic nitrogens is 2. The lowest BCUT2D eigenvalue weighted by molar-refractivity contribution is -0.139. The zero-order chi connectivity index (χ0) is 11.5. The molecule has 0 aliphatic rings. The highest BCUT2D eigenvalue weighted by atomic mass is 28.3. The average Bonchev–Trinajstić information content (AvgIpc) is 2.52. The number of nitrogens with zero attached hydrogens (tertiary/aromatic N) is 1. The maximum atomic E-state index is 11.0. The van der Waals surface area contributed by atoms with Crippen LogP contribution in [0.15, 0.2) is 12.5 Å².